The average molecular weight is 383 g/mol. The monoisotopic (exact) mass is 382 g/mol. The van der Waals surface area contributed by atoms with Crippen LogP contribution in [-0.2, 0) is 6.54 Å². The Morgan fingerprint density at radius 1 is 0.964 bits per heavy atom. The van der Waals surface area contributed by atoms with Gasteiger partial charge in [-0.25, -0.2) is 0 Å². The molecule has 1 heterocycles. The molecular formula is C23H30N2O3. The maximum absolute atomic E-state index is 11.5. The van der Waals surface area contributed by atoms with Crippen molar-refractivity contribution < 1.29 is 14.3 Å². The van der Waals surface area contributed by atoms with Crippen molar-refractivity contribution in [3.63, 3.8) is 0 Å². The molecule has 5 heteroatoms. The van der Waals surface area contributed by atoms with Gasteiger partial charge in [-0.15, -0.1) is 0 Å². The predicted octanol–water partition coefficient (Wildman–Crippen LogP) is 3.48. The zero-order valence-electron chi connectivity index (χ0n) is 16.9. The highest BCUT2D eigenvalue weighted by molar-refractivity contribution is 5.94. The van der Waals surface area contributed by atoms with Gasteiger partial charge in [0, 0.05) is 44.8 Å². The number of hydrogen-bond acceptors (Lipinski definition) is 5. The Labute approximate surface area is 167 Å². The second-order valence-electron chi connectivity index (χ2n) is 7.23. The third-order valence-corrected chi connectivity index (χ3v) is 5.16. The first-order chi connectivity index (χ1) is 13.7. The molecule has 1 fully saturated rings. The van der Waals surface area contributed by atoms with Crippen LogP contribution in [0, 0.1) is 0 Å². The first-order valence-corrected chi connectivity index (χ1v) is 9.96. The van der Waals surface area contributed by atoms with Crippen LogP contribution in [0.15, 0.2) is 48.5 Å². The van der Waals surface area contributed by atoms with Gasteiger partial charge < -0.3 is 14.4 Å². The average Bonchev–Trinajstić information content (AvgIpc) is 2.73. The van der Waals surface area contributed by atoms with Crippen LogP contribution in [0.4, 0.5) is 0 Å². The molecule has 150 valence electrons. The van der Waals surface area contributed by atoms with Crippen LogP contribution in [0.1, 0.15) is 29.3 Å². The third kappa shape index (κ3) is 5.81. The van der Waals surface area contributed by atoms with E-state index < -0.39 is 0 Å². The Bertz CT molecular complexity index is 756. The van der Waals surface area contributed by atoms with E-state index in [1.807, 2.05) is 6.07 Å². The molecule has 1 aliphatic heterocycles. The zero-order chi connectivity index (χ0) is 19.8. The zero-order valence-corrected chi connectivity index (χ0v) is 16.9. The quantitative estimate of drug-likeness (QED) is 0.491. The molecule has 0 atom stereocenters. The summed E-state index contributed by atoms with van der Waals surface area (Å²) in [6.45, 7) is 8.68. The van der Waals surface area contributed by atoms with E-state index in [-0.39, 0.29) is 5.78 Å². The lowest BCUT2D eigenvalue weighted by atomic mass is 10.1. The van der Waals surface area contributed by atoms with Crippen LogP contribution < -0.4 is 9.47 Å². The van der Waals surface area contributed by atoms with Gasteiger partial charge in [-0.1, -0.05) is 30.3 Å². The van der Waals surface area contributed by atoms with E-state index in [1.54, 1.807) is 26.2 Å². The van der Waals surface area contributed by atoms with Crippen molar-refractivity contribution in [3.8, 4) is 11.5 Å². The summed E-state index contributed by atoms with van der Waals surface area (Å²) < 4.78 is 11.2. The van der Waals surface area contributed by atoms with Crippen LogP contribution >= 0.6 is 0 Å². The van der Waals surface area contributed by atoms with Crippen LogP contribution in [-0.4, -0.2) is 62.0 Å². The molecule has 5 nitrogen and oxygen atoms in total. The van der Waals surface area contributed by atoms with Crippen molar-refractivity contribution in [3.05, 3.63) is 59.7 Å². The standard InChI is InChI=1S/C23H30N2O3/c1-19(26)21-9-10-22(23(17-21)27-2)28-16-6-11-24-12-14-25(15-13-24)18-20-7-4-3-5-8-20/h3-5,7-10,17H,6,11-16,18H2,1-2H3. The van der Waals surface area contributed by atoms with Crippen molar-refractivity contribution in [1.82, 2.24) is 9.80 Å². The number of carbonyl (C=O) groups is 1. The summed E-state index contributed by atoms with van der Waals surface area (Å²) in [5.41, 5.74) is 2.02. The summed E-state index contributed by atoms with van der Waals surface area (Å²) in [5.74, 6) is 1.33. The molecule has 0 radical (unpaired) electrons. The highest BCUT2D eigenvalue weighted by Gasteiger charge is 2.16. The number of nitrogens with zero attached hydrogens (tertiary/aromatic N) is 2. The first-order valence-electron chi connectivity index (χ1n) is 9.96. The molecule has 0 aromatic heterocycles. The van der Waals surface area contributed by atoms with Gasteiger partial charge in [0.05, 0.1) is 13.7 Å². The number of piperazine rings is 1. The summed E-state index contributed by atoms with van der Waals surface area (Å²) in [6, 6.07) is 16.0. The van der Waals surface area contributed by atoms with Crippen LogP contribution in [0.2, 0.25) is 0 Å². The Balaban J connectivity index is 1.37. The second kappa shape index (κ2) is 10.2. The van der Waals surface area contributed by atoms with Crippen molar-refractivity contribution in [2.75, 3.05) is 46.4 Å². The SMILES string of the molecule is COc1cc(C(C)=O)ccc1OCCCN1CCN(Cc2ccccc2)CC1. The van der Waals surface area contributed by atoms with E-state index in [4.69, 9.17) is 9.47 Å². The predicted molar refractivity (Wildman–Crippen MR) is 111 cm³/mol. The Morgan fingerprint density at radius 3 is 2.36 bits per heavy atom. The van der Waals surface area contributed by atoms with Gasteiger partial charge in [-0.2, -0.15) is 0 Å². The van der Waals surface area contributed by atoms with Gasteiger partial charge in [0.15, 0.2) is 17.3 Å². The van der Waals surface area contributed by atoms with Gasteiger partial charge >= 0.3 is 0 Å². The summed E-state index contributed by atoms with van der Waals surface area (Å²) in [4.78, 5) is 16.5. The summed E-state index contributed by atoms with van der Waals surface area (Å²) >= 11 is 0. The lowest BCUT2D eigenvalue weighted by molar-refractivity contribution is 0.101. The molecule has 0 amide bonds. The summed E-state index contributed by atoms with van der Waals surface area (Å²) in [7, 11) is 1.60. The number of ether oxygens (including phenoxy) is 2. The van der Waals surface area contributed by atoms with Crippen molar-refractivity contribution >= 4 is 5.78 Å². The molecule has 1 aliphatic rings. The van der Waals surface area contributed by atoms with E-state index in [1.165, 1.54) is 5.56 Å². The van der Waals surface area contributed by atoms with Crippen LogP contribution in [0.3, 0.4) is 0 Å². The van der Waals surface area contributed by atoms with Crippen LogP contribution in [0.5, 0.6) is 11.5 Å². The summed E-state index contributed by atoms with van der Waals surface area (Å²) in [6.07, 6.45) is 0.969. The molecule has 2 aromatic rings. The van der Waals surface area contributed by atoms with E-state index in [0.29, 0.717) is 23.7 Å². The van der Waals surface area contributed by atoms with E-state index in [9.17, 15) is 4.79 Å². The fourth-order valence-corrected chi connectivity index (χ4v) is 3.49. The first kappa shape index (κ1) is 20.4. The molecule has 0 aliphatic carbocycles. The molecule has 2 aromatic carbocycles. The number of hydrogen-bond donors (Lipinski definition) is 0. The van der Waals surface area contributed by atoms with Gasteiger partial charge in [-0.05, 0) is 37.1 Å². The lowest BCUT2D eigenvalue weighted by Gasteiger charge is -2.34. The molecular weight excluding hydrogens is 352 g/mol. The number of rotatable bonds is 9. The number of Topliss-reactive ketones (excluding diaryl/α,β-unsaturated/α-hetero) is 1. The number of benzene rings is 2. The van der Waals surface area contributed by atoms with Crippen LogP contribution in [0.25, 0.3) is 0 Å². The molecule has 0 spiro atoms. The van der Waals surface area contributed by atoms with Gasteiger partial charge in [0.2, 0.25) is 0 Å². The van der Waals surface area contributed by atoms with Crippen molar-refractivity contribution in [2.45, 2.75) is 19.9 Å². The molecule has 28 heavy (non-hydrogen) atoms. The Kier molecular flexibility index (Phi) is 7.46. The topological polar surface area (TPSA) is 42.0 Å². The Morgan fingerprint density at radius 2 is 1.68 bits per heavy atom. The fourth-order valence-electron chi connectivity index (χ4n) is 3.49. The van der Waals surface area contributed by atoms with Crippen molar-refractivity contribution in [2.24, 2.45) is 0 Å². The molecule has 0 bridgehead atoms. The van der Waals surface area contributed by atoms with Gasteiger partial charge in [-0.3, -0.25) is 9.69 Å². The number of ketones is 1. The van der Waals surface area contributed by atoms with Gasteiger partial charge in [0.1, 0.15) is 0 Å². The minimum Gasteiger partial charge on any atom is -0.493 e. The summed E-state index contributed by atoms with van der Waals surface area (Å²) in [5, 5.41) is 0. The molecule has 0 unspecified atom stereocenters. The lowest BCUT2D eigenvalue weighted by Crippen LogP contribution is -2.46. The van der Waals surface area contributed by atoms with E-state index >= 15 is 0 Å². The third-order valence-electron chi connectivity index (χ3n) is 5.16. The minimum atomic E-state index is 0.0243. The largest absolute Gasteiger partial charge is 0.493 e. The molecule has 0 saturated carbocycles. The number of carbonyl (C=O) groups excluding carboxylic acids is 1. The Hall–Kier alpha value is -2.37. The highest BCUT2D eigenvalue weighted by Crippen LogP contribution is 2.28. The minimum absolute atomic E-state index is 0.0243. The fraction of sp³-hybridized carbons (Fsp3) is 0.435. The maximum Gasteiger partial charge on any atom is 0.161 e. The van der Waals surface area contributed by atoms with Crippen molar-refractivity contribution in [1.29, 1.82) is 0 Å². The maximum atomic E-state index is 11.5. The molecule has 1 saturated heterocycles. The smallest absolute Gasteiger partial charge is 0.161 e. The van der Waals surface area contributed by atoms with Gasteiger partial charge in [0.25, 0.3) is 0 Å². The highest BCUT2D eigenvalue weighted by atomic mass is 16.5. The van der Waals surface area contributed by atoms with E-state index in [2.05, 4.69) is 40.1 Å². The molecule has 3 rings (SSSR count). The number of methoxy groups -OCH3 is 1. The molecule has 0 N–H and O–H groups in total. The normalized spacial score (nSPS) is 15.4. The second-order valence-corrected chi connectivity index (χ2v) is 7.23. The van der Waals surface area contributed by atoms with E-state index in [0.717, 1.165) is 45.7 Å².